The third-order valence-electron chi connectivity index (χ3n) is 2.58. The first-order valence-electron chi connectivity index (χ1n) is 5.60. The Kier molecular flexibility index (Phi) is 3.59. The molecule has 0 amide bonds. The Morgan fingerprint density at radius 1 is 1.40 bits per heavy atom. The third kappa shape index (κ3) is 3.42. The van der Waals surface area contributed by atoms with Gasteiger partial charge in [0.2, 0.25) is 0 Å². The molecule has 20 heavy (non-hydrogen) atoms. The minimum atomic E-state index is -3.91. The quantitative estimate of drug-likeness (QED) is 0.522. The molecule has 9 nitrogen and oxygen atoms in total. The number of nitrogens with zero attached hydrogens (tertiary/aromatic N) is 1. The minimum absolute atomic E-state index is 0.148. The average molecular weight is 301 g/mol. The molecule has 1 aliphatic carbocycles. The van der Waals surface area contributed by atoms with Crippen molar-refractivity contribution >= 4 is 27.6 Å². The minimum Gasteiger partial charge on any atom is -0.478 e. The molecule has 0 atom stereocenters. The van der Waals surface area contributed by atoms with Gasteiger partial charge in [-0.2, -0.15) is 13.1 Å². The highest BCUT2D eigenvalue weighted by atomic mass is 32.2. The Hall–Kier alpha value is -2.20. The van der Waals surface area contributed by atoms with Crippen LogP contribution in [0.5, 0.6) is 0 Å². The van der Waals surface area contributed by atoms with Crippen molar-refractivity contribution in [1.29, 1.82) is 0 Å². The SMILES string of the molecule is O=C(O)c1ccc(NS(=O)(=O)NC2CC2)c([N+](=O)[O-])c1. The summed E-state index contributed by atoms with van der Waals surface area (Å²) in [5.41, 5.74) is -1.20. The summed E-state index contributed by atoms with van der Waals surface area (Å²) in [4.78, 5) is 20.8. The third-order valence-corrected chi connectivity index (χ3v) is 3.72. The zero-order valence-electron chi connectivity index (χ0n) is 10.1. The monoisotopic (exact) mass is 301 g/mol. The number of carboxylic acid groups (broad SMARTS) is 1. The molecule has 0 bridgehead atoms. The molecule has 10 heteroatoms. The molecule has 0 aliphatic heterocycles. The molecule has 0 aromatic heterocycles. The Labute approximate surface area is 113 Å². The summed E-state index contributed by atoms with van der Waals surface area (Å²) in [5, 5.41) is 19.6. The number of aromatic carboxylic acids is 1. The predicted octanol–water partition coefficient (Wildman–Crippen LogP) is 0.702. The van der Waals surface area contributed by atoms with E-state index in [0.717, 1.165) is 31.0 Å². The zero-order chi connectivity index (χ0) is 14.9. The molecule has 0 heterocycles. The van der Waals surface area contributed by atoms with Gasteiger partial charge in [0.15, 0.2) is 0 Å². The highest BCUT2D eigenvalue weighted by Gasteiger charge is 2.28. The summed E-state index contributed by atoms with van der Waals surface area (Å²) >= 11 is 0. The number of hydrogen-bond donors (Lipinski definition) is 3. The lowest BCUT2D eigenvalue weighted by molar-refractivity contribution is -0.383. The molecule has 0 radical (unpaired) electrons. The van der Waals surface area contributed by atoms with E-state index in [4.69, 9.17) is 5.11 Å². The van der Waals surface area contributed by atoms with E-state index in [2.05, 4.69) is 4.72 Å². The van der Waals surface area contributed by atoms with Crippen LogP contribution in [0.4, 0.5) is 11.4 Å². The van der Waals surface area contributed by atoms with E-state index >= 15 is 0 Å². The van der Waals surface area contributed by atoms with Gasteiger partial charge in [-0.25, -0.2) is 4.79 Å². The fraction of sp³-hybridized carbons (Fsp3) is 0.300. The van der Waals surface area contributed by atoms with Gasteiger partial charge in [-0.05, 0) is 25.0 Å². The summed E-state index contributed by atoms with van der Waals surface area (Å²) in [7, 11) is -3.91. The molecule has 1 fully saturated rings. The Bertz CT molecular complexity index is 668. The maximum atomic E-state index is 11.7. The first kappa shape index (κ1) is 14.2. The molecule has 0 unspecified atom stereocenters. The molecule has 108 valence electrons. The van der Waals surface area contributed by atoms with Crippen molar-refractivity contribution in [3.05, 3.63) is 33.9 Å². The van der Waals surface area contributed by atoms with E-state index in [1.807, 2.05) is 4.72 Å². The standard InChI is InChI=1S/C10H11N3O6S/c14-10(15)6-1-4-8(9(5-6)13(16)17)12-20(18,19)11-7-2-3-7/h1,4-5,7,11-12H,2-3H2,(H,14,15). The number of nitrogens with one attached hydrogen (secondary N) is 2. The van der Waals surface area contributed by atoms with E-state index in [-0.39, 0.29) is 17.3 Å². The molecule has 0 spiro atoms. The van der Waals surface area contributed by atoms with Crippen molar-refractivity contribution in [2.75, 3.05) is 4.72 Å². The number of nitro benzene ring substituents is 1. The van der Waals surface area contributed by atoms with E-state index in [9.17, 15) is 23.3 Å². The van der Waals surface area contributed by atoms with Crippen LogP contribution in [0.15, 0.2) is 18.2 Å². The normalized spacial score (nSPS) is 14.8. The lowest BCUT2D eigenvalue weighted by Gasteiger charge is -2.09. The van der Waals surface area contributed by atoms with Gasteiger partial charge in [-0.1, -0.05) is 0 Å². The highest BCUT2D eigenvalue weighted by molar-refractivity contribution is 7.90. The summed E-state index contributed by atoms with van der Waals surface area (Å²) in [5.74, 6) is -1.33. The summed E-state index contributed by atoms with van der Waals surface area (Å²) in [6, 6.07) is 2.79. The number of carbonyl (C=O) groups is 1. The number of anilines is 1. The second kappa shape index (κ2) is 5.06. The fourth-order valence-corrected chi connectivity index (χ4v) is 2.69. The molecule has 1 aliphatic rings. The Morgan fingerprint density at radius 2 is 2.05 bits per heavy atom. The van der Waals surface area contributed by atoms with Crippen LogP contribution in [-0.4, -0.2) is 30.5 Å². The van der Waals surface area contributed by atoms with Crippen molar-refractivity contribution in [2.24, 2.45) is 0 Å². The summed E-state index contributed by atoms with van der Waals surface area (Å²) < 4.78 is 27.7. The second-order valence-corrected chi connectivity index (χ2v) is 5.74. The van der Waals surface area contributed by atoms with E-state index in [1.54, 1.807) is 0 Å². The van der Waals surface area contributed by atoms with Gasteiger partial charge in [-0.3, -0.25) is 14.8 Å². The maximum absolute atomic E-state index is 11.7. The molecule has 1 saturated carbocycles. The highest BCUT2D eigenvalue weighted by Crippen LogP contribution is 2.27. The molecular formula is C10H11N3O6S. The Balaban J connectivity index is 2.30. The van der Waals surface area contributed by atoms with Crippen molar-refractivity contribution in [2.45, 2.75) is 18.9 Å². The molecule has 1 aromatic rings. The Morgan fingerprint density at radius 3 is 2.55 bits per heavy atom. The second-order valence-electron chi connectivity index (χ2n) is 4.29. The van der Waals surface area contributed by atoms with E-state index < -0.39 is 26.8 Å². The van der Waals surface area contributed by atoms with Crippen LogP contribution in [0, 0.1) is 10.1 Å². The topological polar surface area (TPSA) is 139 Å². The van der Waals surface area contributed by atoms with Crippen molar-refractivity contribution in [1.82, 2.24) is 4.72 Å². The van der Waals surface area contributed by atoms with E-state index in [0.29, 0.717) is 0 Å². The first-order valence-corrected chi connectivity index (χ1v) is 7.08. The molecular weight excluding hydrogens is 290 g/mol. The van der Waals surface area contributed by atoms with Gasteiger partial charge >= 0.3 is 5.97 Å². The lowest BCUT2D eigenvalue weighted by Crippen LogP contribution is -2.32. The van der Waals surface area contributed by atoms with Crippen LogP contribution >= 0.6 is 0 Å². The average Bonchev–Trinajstić information content (AvgIpc) is 3.11. The summed E-state index contributed by atoms with van der Waals surface area (Å²) in [6.07, 6.45) is 1.45. The van der Waals surface area contributed by atoms with Crippen LogP contribution in [0.1, 0.15) is 23.2 Å². The maximum Gasteiger partial charge on any atom is 0.335 e. The van der Waals surface area contributed by atoms with Gasteiger partial charge in [0, 0.05) is 12.1 Å². The van der Waals surface area contributed by atoms with Gasteiger partial charge in [0.1, 0.15) is 5.69 Å². The first-order chi connectivity index (χ1) is 9.28. The smallest absolute Gasteiger partial charge is 0.335 e. The molecule has 1 aromatic carbocycles. The fourth-order valence-electron chi connectivity index (χ4n) is 1.50. The van der Waals surface area contributed by atoms with E-state index in [1.165, 1.54) is 0 Å². The van der Waals surface area contributed by atoms with Crippen LogP contribution in [0.3, 0.4) is 0 Å². The van der Waals surface area contributed by atoms with Crippen LogP contribution in [0.2, 0.25) is 0 Å². The van der Waals surface area contributed by atoms with Gasteiger partial charge in [0.05, 0.1) is 10.5 Å². The number of nitro groups is 1. The predicted molar refractivity (Wildman–Crippen MR) is 68.8 cm³/mol. The van der Waals surface area contributed by atoms with Crippen LogP contribution < -0.4 is 9.44 Å². The molecule has 3 N–H and O–H groups in total. The zero-order valence-corrected chi connectivity index (χ0v) is 10.9. The largest absolute Gasteiger partial charge is 0.478 e. The lowest BCUT2D eigenvalue weighted by atomic mass is 10.2. The van der Waals surface area contributed by atoms with Gasteiger partial charge in [0.25, 0.3) is 15.9 Å². The van der Waals surface area contributed by atoms with Crippen LogP contribution in [0.25, 0.3) is 0 Å². The van der Waals surface area contributed by atoms with Gasteiger partial charge < -0.3 is 5.11 Å². The number of carboxylic acids is 1. The van der Waals surface area contributed by atoms with Crippen LogP contribution in [-0.2, 0) is 10.2 Å². The number of hydrogen-bond acceptors (Lipinski definition) is 5. The number of benzene rings is 1. The summed E-state index contributed by atoms with van der Waals surface area (Å²) in [6.45, 7) is 0. The van der Waals surface area contributed by atoms with Crippen molar-refractivity contribution in [3.63, 3.8) is 0 Å². The van der Waals surface area contributed by atoms with Crippen molar-refractivity contribution < 1.29 is 23.2 Å². The molecule has 0 saturated heterocycles. The number of rotatable bonds is 6. The van der Waals surface area contributed by atoms with Crippen molar-refractivity contribution in [3.8, 4) is 0 Å². The van der Waals surface area contributed by atoms with Gasteiger partial charge in [-0.15, -0.1) is 0 Å². The molecule has 2 rings (SSSR count).